The lowest BCUT2D eigenvalue weighted by atomic mass is 10.0. The monoisotopic (exact) mass is 1110 g/mol. The molecule has 0 spiro atoms. The van der Waals surface area contributed by atoms with Crippen LogP contribution >= 0.6 is 0 Å². The summed E-state index contributed by atoms with van der Waals surface area (Å²) in [4.78, 5) is 38.4. The second kappa shape index (κ2) is 67.8. The van der Waals surface area contributed by atoms with Gasteiger partial charge in [0.2, 0.25) is 0 Å². The smallest absolute Gasteiger partial charge is 0.306 e. The molecule has 0 saturated heterocycles. The summed E-state index contributed by atoms with van der Waals surface area (Å²) in [6.45, 7) is 6.53. The molecule has 0 rings (SSSR count). The van der Waals surface area contributed by atoms with E-state index in [9.17, 15) is 14.4 Å². The third-order valence-corrected chi connectivity index (χ3v) is 14.8. The summed E-state index contributed by atoms with van der Waals surface area (Å²) < 4.78 is 17.0. The van der Waals surface area contributed by atoms with Crippen molar-refractivity contribution in [1.82, 2.24) is 0 Å². The number of ether oxygens (including phenoxy) is 3. The number of carbonyl (C=O) groups is 3. The fourth-order valence-electron chi connectivity index (χ4n) is 9.67. The first kappa shape index (κ1) is 76.3. The quantitative estimate of drug-likeness (QED) is 0.0261. The number of rotatable bonds is 62. The number of hydrogen-bond donors (Lipinski definition) is 0. The highest BCUT2D eigenvalue weighted by Gasteiger charge is 2.19. The Labute approximate surface area is 496 Å². The second-order valence-corrected chi connectivity index (χ2v) is 22.7. The zero-order valence-electron chi connectivity index (χ0n) is 52.8. The van der Waals surface area contributed by atoms with Crippen LogP contribution in [-0.2, 0) is 28.6 Å². The van der Waals surface area contributed by atoms with Crippen LogP contribution < -0.4 is 0 Å². The van der Waals surface area contributed by atoms with Gasteiger partial charge in [-0.2, -0.15) is 0 Å². The van der Waals surface area contributed by atoms with Gasteiger partial charge in [0, 0.05) is 19.3 Å². The van der Waals surface area contributed by atoms with Gasteiger partial charge in [-0.05, 0) is 122 Å². The van der Waals surface area contributed by atoms with E-state index in [-0.39, 0.29) is 31.1 Å². The minimum atomic E-state index is -0.791. The molecule has 6 heteroatoms. The Balaban J connectivity index is 4.38. The van der Waals surface area contributed by atoms with E-state index in [0.717, 1.165) is 116 Å². The van der Waals surface area contributed by atoms with Crippen LogP contribution in [0.2, 0.25) is 0 Å². The first-order valence-electron chi connectivity index (χ1n) is 34.2. The Morgan fingerprint density at radius 2 is 0.487 bits per heavy atom. The molecule has 0 amide bonds. The van der Waals surface area contributed by atoms with E-state index >= 15 is 0 Å². The molecule has 460 valence electrons. The van der Waals surface area contributed by atoms with Crippen LogP contribution in [0, 0.1) is 0 Å². The first-order valence-corrected chi connectivity index (χ1v) is 34.2. The van der Waals surface area contributed by atoms with E-state index < -0.39 is 6.10 Å². The highest BCUT2D eigenvalue weighted by molar-refractivity contribution is 5.71. The Kier molecular flexibility index (Phi) is 64.7. The Hall–Kier alpha value is -3.67. The molecule has 0 bridgehead atoms. The SMILES string of the molecule is CC/C=C\C/C=C\C/C=C\C/C=C\CCCCCCCCCCCCCCC(=O)OCC(COC(=O)CCCCCCC/C=C\CCCCCCCCC)OC(=O)CCCCCCCC/C=C\C/C=C\C/C=C\CCCCCCC. The van der Waals surface area contributed by atoms with Crippen molar-refractivity contribution in [2.45, 2.75) is 341 Å². The Morgan fingerprint density at radius 3 is 0.775 bits per heavy atom. The lowest BCUT2D eigenvalue weighted by molar-refractivity contribution is -0.167. The van der Waals surface area contributed by atoms with Gasteiger partial charge < -0.3 is 14.2 Å². The summed E-state index contributed by atoms with van der Waals surface area (Å²) in [5, 5.41) is 0. The van der Waals surface area contributed by atoms with Crippen molar-refractivity contribution in [3.8, 4) is 0 Å². The Morgan fingerprint density at radius 1 is 0.263 bits per heavy atom. The van der Waals surface area contributed by atoms with Crippen molar-refractivity contribution >= 4 is 17.9 Å². The molecular formula is C74H128O6. The van der Waals surface area contributed by atoms with Crippen LogP contribution in [0.1, 0.15) is 335 Å². The van der Waals surface area contributed by atoms with Crippen LogP contribution in [-0.4, -0.2) is 37.2 Å². The van der Waals surface area contributed by atoms with Crippen LogP contribution in [0.15, 0.2) is 97.2 Å². The van der Waals surface area contributed by atoms with E-state index in [2.05, 4.69) is 118 Å². The van der Waals surface area contributed by atoms with E-state index in [1.165, 1.54) is 180 Å². The maximum Gasteiger partial charge on any atom is 0.306 e. The van der Waals surface area contributed by atoms with E-state index in [4.69, 9.17) is 14.2 Å². The average molecular weight is 1110 g/mol. The van der Waals surface area contributed by atoms with Crippen molar-refractivity contribution < 1.29 is 28.6 Å². The number of carbonyl (C=O) groups excluding carboxylic acids is 3. The topological polar surface area (TPSA) is 78.9 Å². The molecule has 0 aliphatic rings. The molecule has 0 aromatic rings. The number of allylic oxidation sites excluding steroid dienone is 16. The largest absolute Gasteiger partial charge is 0.462 e. The van der Waals surface area contributed by atoms with Gasteiger partial charge in [0.15, 0.2) is 6.10 Å². The summed E-state index contributed by atoms with van der Waals surface area (Å²) in [6.07, 6.45) is 91.3. The van der Waals surface area contributed by atoms with Crippen molar-refractivity contribution in [2.75, 3.05) is 13.2 Å². The van der Waals surface area contributed by atoms with E-state index in [1.54, 1.807) is 0 Å². The summed E-state index contributed by atoms with van der Waals surface area (Å²) in [7, 11) is 0. The zero-order chi connectivity index (χ0) is 57.8. The van der Waals surface area contributed by atoms with Gasteiger partial charge >= 0.3 is 17.9 Å². The summed E-state index contributed by atoms with van der Waals surface area (Å²) in [6, 6.07) is 0. The molecule has 0 aromatic heterocycles. The van der Waals surface area contributed by atoms with Crippen molar-refractivity contribution in [3.05, 3.63) is 97.2 Å². The lowest BCUT2D eigenvalue weighted by Gasteiger charge is -2.18. The summed E-state index contributed by atoms with van der Waals surface area (Å²) in [5.74, 6) is -0.894. The molecule has 0 aromatic carbocycles. The molecule has 0 saturated carbocycles. The summed E-state index contributed by atoms with van der Waals surface area (Å²) in [5.41, 5.74) is 0. The van der Waals surface area contributed by atoms with Crippen LogP contribution in [0.25, 0.3) is 0 Å². The van der Waals surface area contributed by atoms with Crippen LogP contribution in [0.3, 0.4) is 0 Å². The zero-order valence-corrected chi connectivity index (χ0v) is 52.8. The normalized spacial score (nSPS) is 12.7. The lowest BCUT2D eigenvalue weighted by Crippen LogP contribution is -2.30. The fraction of sp³-hybridized carbons (Fsp3) is 0.743. The van der Waals surface area contributed by atoms with Gasteiger partial charge in [-0.25, -0.2) is 0 Å². The third-order valence-electron chi connectivity index (χ3n) is 14.8. The Bertz CT molecular complexity index is 1560. The highest BCUT2D eigenvalue weighted by atomic mass is 16.6. The molecular weight excluding hydrogens is 985 g/mol. The molecule has 0 fully saturated rings. The second-order valence-electron chi connectivity index (χ2n) is 22.7. The molecule has 0 heterocycles. The average Bonchev–Trinajstić information content (AvgIpc) is 3.46. The molecule has 1 atom stereocenters. The third kappa shape index (κ3) is 65.1. The minimum Gasteiger partial charge on any atom is -0.462 e. The maximum absolute atomic E-state index is 12.9. The molecule has 80 heavy (non-hydrogen) atoms. The van der Waals surface area contributed by atoms with Crippen LogP contribution in [0.4, 0.5) is 0 Å². The van der Waals surface area contributed by atoms with Crippen molar-refractivity contribution in [3.63, 3.8) is 0 Å². The molecule has 0 aliphatic heterocycles. The van der Waals surface area contributed by atoms with Gasteiger partial charge in [-0.1, -0.05) is 291 Å². The molecule has 0 radical (unpaired) electrons. The predicted octanol–water partition coefficient (Wildman–Crippen LogP) is 23.6. The number of hydrogen-bond acceptors (Lipinski definition) is 6. The first-order chi connectivity index (χ1) is 39.5. The van der Waals surface area contributed by atoms with Crippen molar-refractivity contribution in [2.24, 2.45) is 0 Å². The van der Waals surface area contributed by atoms with Crippen molar-refractivity contribution in [1.29, 1.82) is 0 Å². The van der Waals surface area contributed by atoms with Gasteiger partial charge in [0.05, 0.1) is 0 Å². The van der Waals surface area contributed by atoms with Gasteiger partial charge in [0.25, 0.3) is 0 Å². The fourth-order valence-corrected chi connectivity index (χ4v) is 9.67. The van der Waals surface area contributed by atoms with E-state index in [0.29, 0.717) is 19.3 Å². The summed E-state index contributed by atoms with van der Waals surface area (Å²) >= 11 is 0. The molecule has 6 nitrogen and oxygen atoms in total. The molecule has 0 N–H and O–H groups in total. The highest BCUT2D eigenvalue weighted by Crippen LogP contribution is 2.16. The van der Waals surface area contributed by atoms with E-state index in [1.807, 2.05) is 0 Å². The standard InChI is InChI=1S/C74H128O6/c1-4-7-10-13-16-19-22-25-28-31-33-35-36-37-38-40-41-43-46-49-52-55-58-61-64-67-73(76)79-70-71(69-78-72(75)66-63-60-57-54-51-48-45-30-27-24-21-18-15-12-9-6-3)80-74(77)68-65-62-59-56-53-50-47-44-42-39-34-32-29-26-23-20-17-14-11-8-5-2/h7,10,16,19,23,25-26,28,30,32-35,42,44-45,71H,4-6,8-9,11-15,17-18,20-22,24,27,29,31,36-41,43,46-70H2,1-3H3/b10-7-,19-16-,26-23-,28-25-,34-32-,35-33-,44-42-,45-30-. The number of esters is 3. The van der Waals surface area contributed by atoms with Gasteiger partial charge in [0.1, 0.15) is 13.2 Å². The van der Waals surface area contributed by atoms with Gasteiger partial charge in [-0.15, -0.1) is 0 Å². The maximum atomic E-state index is 12.9. The number of unbranched alkanes of at least 4 members (excludes halogenated alkanes) is 35. The molecule has 0 aliphatic carbocycles. The predicted molar refractivity (Wildman–Crippen MR) is 348 cm³/mol. The minimum absolute atomic E-state index is 0.0853. The van der Waals surface area contributed by atoms with Crippen LogP contribution in [0.5, 0.6) is 0 Å². The molecule has 1 unspecified atom stereocenters. The van der Waals surface area contributed by atoms with Gasteiger partial charge in [-0.3, -0.25) is 14.4 Å².